The summed E-state index contributed by atoms with van der Waals surface area (Å²) < 4.78 is 0. The average molecular weight is 197 g/mol. The van der Waals surface area contributed by atoms with Gasteiger partial charge in [-0.3, -0.25) is 0 Å². The van der Waals surface area contributed by atoms with Gasteiger partial charge in [-0.15, -0.1) is 0 Å². The van der Waals surface area contributed by atoms with E-state index in [-0.39, 0.29) is 0 Å². The van der Waals surface area contributed by atoms with Crippen molar-refractivity contribution in [1.82, 2.24) is 5.32 Å². The van der Waals surface area contributed by atoms with Gasteiger partial charge >= 0.3 is 0 Å². The molecule has 0 aliphatic heterocycles. The maximum atomic E-state index is 3.67. The van der Waals surface area contributed by atoms with Gasteiger partial charge in [-0.1, -0.05) is 33.6 Å². The van der Waals surface area contributed by atoms with Gasteiger partial charge in [-0.2, -0.15) is 0 Å². The van der Waals surface area contributed by atoms with Gasteiger partial charge in [0.2, 0.25) is 0 Å². The van der Waals surface area contributed by atoms with Crippen molar-refractivity contribution < 1.29 is 0 Å². The second-order valence-electron chi connectivity index (χ2n) is 5.58. The van der Waals surface area contributed by atoms with Crippen LogP contribution in [0.3, 0.4) is 0 Å². The van der Waals surface area contributed by atoms with Crippen LogP contribution in [0.15, 0.2) is 0 Å². The predicted octanol–water partition coefficient (Wildman–Crippen LogP) is 3.45. The van der Waals surface area contributed by atoms with Gasteiger partial charge < -0.3 is 5.32 Å². The van der Waals surface area contributed by atoms with Gasteiger partial charge in [0.1, 0.15) is 0 Å². The lowest BCUT2D eigenvalue weighted by atomic mass is 9.82. The van der Waals surface area contributed by atoms with E-state index in [1.807, 2.05) is 0 Å². The zero-order valence-corrected chi connectivity index (χ0v) is 10.3. The molecule has 0 aromatic rings. The van der Waals surface area contributed by atoms with E-state index < -0.39 is 0 Å². The van der Waals surface area contributed by atoms with Crippen LogP contribution in [-0.2, 0) is 0 Å². The van der Waals surface area contributed by atoms with Crippen LogP contribution < -0.4 is 5.32 Å². The number of nitrogens with one attached hydrogen (secondary N) is 1. The molecule has 1 rings (SSSR count). The molecule has 0 saturated heterocycles. The Kier molecular flexibility index (Phi) is 4.94. The first kappa shape index (κ1) is 12.0. The summed E-state index contributed by atoms with van der Waals surface area (Å²) in [6.07, 6.45) is 5.79. The lowest BCUT2D eigenvalue weighted by Crippen LogP contribution is -2.36. The molecule has 1 aliphatic rings. The largest absolute Gasteiger partial charge is 0.314 e. The molecule has 0 amide bonds. The summed E-state index contributed by atoms with van der Waals surface area (Å²) >= 11 is 0. The molecule has 1 fully saturated rings. The van der Waals surface area contributed by atoms with E-state index in [4.69, 9.17) is 0 Å². The first-order chi connectivity index (χ1) is 6.59. The van der Waals surface area contributed by atoms with Gasteiger partial charge in [0, 0.05) is 6.04 Å². The summed E-state index contributed by atoms with van der Waals surface area (Å²) in [5.74, 6) is 2.67. The molecular formula is C13H27N. The standard InChI is InChI=1S/C13H27N/c1-10(2)12(4)14-9-13-7-5-6-11(3)8-13/h10-14H,5-9H2,1-4H3. The Morgan fingerprint density at radius 3 is 2.50 bits per heavy atom. The molecule has 0 bridgehead atoms. The maximum Gasteiger partial charge on any atom is 0.00618 e. The van der Waals surface area contributed by atoms with E-state index in [1.54, 1.807) is 0 Å². The molecule has 1 N–H and O–H groups in total. The Morgan fingerprint density at radius 2 is 1.93 bits per heavy atom. The van der Waals surface area contributed by atoms with Gasteiger partial charge in [-0.25, -0.2) is 0 Å². The van der Waals surface area contributed by atoms with Crippen molar-refractivity contribution in [1.29, 1.82) is 0 Å². The van der Waals surface area contributed by atoms with Crippen LogP contribution in [0.4, 0.5) is 0 Å². The highest BCUT2D eigenvalue weighted by atomic mass is 14.9. The van der Waals surface area contributed by atoms with Crippen LogP contribution in [0.5, 0.6) is 0 Å². The number of rotatable bonds is 4. The monoisotopic (exact) mass is 197 g/mol. The minimum absolute atomic E-state index is 0.673. The maximum absolute atomic E-state index is 3.67. The summed E-state index contributed by atoms with van der Waals surface area (Å²) in [5, 5.41) is 3.67. The summed E-state index contributed by atoms with van der Waals surface area (Å²) in [7, 11) is 0. The molecule has 1 heteroatoms. The summed E-state index contributed by atoms with van der Waals surface area (Å²) in [6.45, 7) is 10.5. The summed E-state index contributed by atoms with van der Waals surface area (Å²) in [4.78, 5) is 0. The van der Waals surface area contributed by atoms with Crippen molar-refractivity contribution in [3.63, 3.8) is 0 Å². The molecular weight excluding hydrogens is 170 g/mol. The van der Waals surface area contributed by atoms with Crippen molar-refractivity contribution in [3.05, 3.63) is 0 Å². The minimum Gasteiger partial charge on any atom is -0.314 e. The second-order valence-corrected chi connectivity index (χ2v) is 5.58. The van der Waals surface area contributed by atoms with E-state index in [2.05, 4.69) is 33.0 Å². The van der Waals surface area contributed by atoms with E-state index in [0.717, 1.165) is 17.8 Å². The van der Waals surface area contributed by atoms with Crippen LogP contribution in [0.2, 0.25) is 0 Å². The smallest absolute Gasteiger partial charge is 0.00618 e. The lowest BCUT2D eigenvalue weighted by molar-refractivity contribution is 0.260. The zero-order chi connectivity index (χ0) is 10.6. The average Bonchev–Trinajstić information content (AvgIpc) is 2.14. The van der Waals surface area contributed by atoms with Crippen molar-refractivity contribution in [2.75, 3.05) is 6.54 Å². The third-order valence-corrected chi connectivity index (χ3v) is 3.77. The molecule has 1 aliphatic carbocycles. The normalized spacial score (nSPS) is 30.6. The third kappa shape index (κ3) is 4.00. The van der Waals surface area contributed by atoms with Crippen molar-refractivity contribution in [2.24, 2.45) is 17.8 Å². The summed E-state index contributed by atoms with van der Waals surface area (Å²) in [6, 6.07) is 0.673. The van der Waals surface area contributed by atoms with Crippen molar-refractivity contribution in [3.8, 4) is 0 Å². The highest BCUT2D eigenvalue weighted by molar-refractivity contribution is 4.74. The Hall–Kier alpha value is -0.0400. The fraction of sp³-hybridized carbons (Fsp3) is 1.00. The fourth-order valence-electron chi connectivity index (χ4n) is 2.33. The third-order valence-electron chi connectivity index (χ3n) is 3.77. The molecule has 0 heterocycles. The first-order valence-corrected chi connectivity index (χ1v) is 6.33. The molecule has 3 unspecified atom stereocenters. The van der Waals surface area contributed by atoms with Gasteiger partial charge in [-0.05, 0) is 44.1 Å². The highest BCUT2D eigenvalue weighted by Crippen LogP contribution is 2.28. The Morgan fingerprint density at radius 1 is 1.21 bits per heavy atom. The molecule has 1 saturated carbocycles. The van der Waals surface area contributed by atoms with Gasteiger partial charge in [0.05, 0.1) is 0 Å². The van der Waals surface area contributed by atoms with Crippen molar-refractivity contribution >= 4 is 0 Å². The topological polar surface area (TPSA) is 12.0 Å². The van der Waals surface area contributed by atoms with Crippen LogP contribution in [0.25, 0.3) is 0 Å². The van der Waals surface area contributed by atoms with Gasteiger partial charge in [0.25, 0.3) is 0 Å². The number of hydrogen-bond donors (Lipinski definition) is 1. The molecule has 0 radical (unpaired) electrons. The first-order valence-electron chi connectivity index (χ1n) is 6.33. The Bertz CT molecular complexity index is 153. The highest BCUT2D eigenvalue weighted by Gasteiger charge is 2.19. The fourth-order valence-corrected chi connectivity index (χ4v) is 2.33. The van der Waals surface area contributed by atoms with Crippen LogP contribution >= 0.6 is 0 Å². The molecule has 14 heavy (non-hydrogen) atoms. The van der Waals surface area contributed by atoms with E-state index in [1.165, 1.54) is 32.2 Å². The molecule has 0 aromatic heterocycles. The Balaban J connectivity index is 2.17. The molecule has 1 nitrogen and oxygen atoms in total. The van der Waals surface area contributed by atoms with Crippen LogP contribution in [-0.4, -0.2) is 12.6 Å². The number of hydrogen-bond acceptors (Lipinski definition) is 1. The van der Waals surface area contributed by atoms with Crippen LogP contribution in [0, 0.1) is 17.8 Å². The van der Waals surface area contributed by atoms with E-state index in [0.29, 0.717) is 6.04 Å². The molecule has 0 spiro atoms. The molecule has 84 valence electrons. The second kappa shape index (κ2) is 5.75. The predicted molar refractivity (Wildman–Crippen MR) is 63.4 cm³/mol. The molecule has 0 aromatic carbocycles. The van der Waals surface area contributed by atoms with E-state index >= 15 is 0 Å². The SMILES string of the molecule is CC1CCCC(CNC(C)C(C)C)C1. The lowest BCUT2D eigenvalue weighted by Gasteiger charge is -2.28. The molecule has 3 atom stereocenters. The minimum atomic E-state index is 0.673. The van der Waals surface area contributed by atoms with Gasteiger partial charge in [0.15, 0.2) is 0 Å². The van der Waals surface area contributed by atoms with E-state index in [9.17, 15) is 0 Å². The summed E-state index contributed by atoms with van der Waals surface area (Å²) in [5.41, 5.74) is 0. The van der Waals surface area contributed by atoms with Crippen LogP contribution in [0.1, 0.15) is 53.4 Å². The Labute approximate surface area is 89.7 Å². The van der Waals surface area contributed by atoms with Crippen molar-refractivity contribution in [2.45, 2.75) is 59.4 Å². The zero-order valence-electron chi connectivity index (χ0n) is 10.3. The quantitative estimate of drug-likeness (QED) is 0.728.